The number of carbonyl (C=O) groups is 1. The number of carboxylic acids is 1. The average molecular weight is 245 g/mol. The molecule has 1 saturated heterocycles. The van der Waals surface area contributed by atoms with Gasteiger partial charge in [0.05, 0.1) is 6.10 Å². The SMILES string of the molecule is CCC(C)(C)[C@H](O)[C@H](O)N1CCCC1C(=O)O. The van der Waals surface area contributed by atoms with E-state index in [1.807, 2.05) is 20.8 Å². The van der Waals surface area contributed by atoms with E-state index in [9.17, 15) is 15.0 Å². The van der Waals surface area contributed by atoms with Crippen molar-refractivity contribution < 1.29 is 20.1 Å². The minimum atomic E-state index is -1.10. The van der Waals surface area contributed by atoms with E-state index in [1.165, 1.54) is 4.90 Å². The van der Waals surface area contributed by atoms with E-state index in [1.54, 1.807) is 0 Å². The molecule has 1 rings (SSSR count). The van der Waals surface area contributed by atoms with Gasteiger partial charge in [-0.2, -0.15) is 0 Å². The molecule has 100 valence electrons. The lowest BCUT2D eigenvalue weighted by molar-refractivity contribution is -0.158. The van der Waals surface area contributed by atoms with E-state index >= 15 is 0 Å². The molecule has 0 saturated carbocycles. The molecule has 5 nitrogen and oxygen atoms in total. The number of hydrogen-bond acceptors (Lipinski definition) is 4. The summed E-state index contributed by atoms with van der Waals surface area (Å²) in [7, 11) is 0. The Morgan fingerprint density at radius 1 is 1.47 bits per heavy atom. The summed E-state index contributed by atoms with van der Waals surface area (Å²) < 4.78 is 0. The summed E-state index contributed by atoms with van der Waals surface area (Å²) in [5.74, 6) is -0.928. The smallest absolute Gasteiger partial charge is 0.320 e. The van der Waals surface area contributed by atoms with Crippen molar-refractivity contribution in [3.05, 3.63) is 0 Å². The third kappa shape index (κ3) is 2.97. The van der Waals surface area contributed by atoms with Crippen LogP contribution in [-0.2, 0) is 4.79 Å². The standard InChI is InChI=1S/C12H23NO4/c1-4-12(2,3)9(14)10(15)13-7-5-6-8(13)11(16)17/h8-10,14-15H,4-7H2,1-3H3,(H,16,17)/t8?,9-,10+/m1/s1. The van der Waals surface area contributed by atoms with E-state index in [4.69, 9.17) is 5.11 Å². The first-order valence-electron chi connectivity index (χ1n) is 6.16. The number of rotatable bonds is 5. The van der Waals surface area contributed by atoms with E-state index < -0.39 is 29.8 Å². The molecule has 0 aromatic rings. The van der Waals surface area contributed by atoms with Gasteiger partial charge in [0.1, 0.15) is 12.3 Å². The number of aliphatic hydroxyl groups excluding tert-OH is 2. The summed E-state index contributed by atoms with van der Waals surface area (Å²) in [5, 5.41) is 29.3. The normalized spacial score (nSPS) is 25.8. The first-order chi connectivity index (χ1) is 7.81. The van der Waals surface area contributed by atoms with Crippen molar-refractivity contribution in [3.63, 3.8) is 0 Å². The van der Waals surface area contributed by atoms with Crippen LogP contribution >= 0.6 is 0 Å². The molecule has 1 fully saturated rings. The molecule has 0 spiro atoms. The lowest BCUT2D eigenvalue weighted by Crippen LogP contribution is -2.53. The zero-order chi connectivity index (χ0) is 13.2. The highest BCUT2D eigenvalue weighted by molar-refractivity contribution is 5.73. The van der Waals surface area contributed by atoms with Crippen LogP contribution in [0.3, 0.4) is 0 Å². The molecule has 1 aliphatic rings. The van der Waals surface area contributed by atoms with Gasteiger partial charge in [-0.3, -0.25) is 9.69 Å². The van der Waals surface area contributed by atoms with Crippen LogP contribution < -0.4 is 0 Å². The summed E-state index contributed by atoms with van der Waals surface area (Å²) in [5.41, 5.74) is -0.426. The third-order valence-electron chi connectivity index (χ3n) is 3.91. The van der Waals surface area contributed by atoms with Crippen LogP contribution in [0.1, 0.15) is 40.0 Å². The Labute approximate surface area is 102 Å². The number of hydrogen-bond donors (Lipinski definition) is 3. The van der Waals surface area contributed by atoms with Crippen molar-refractivity contribution in [1.82, 2.24) is 4.90 Å². The second-order valence-corrected chi connectivity index (χ2v) is 5.43. The Hall–Kier alpha value is -0.650. The first-order valence-corrected chi connectivity index (χ1v) is 6.16. The molecule has 3 atom stereocenters. The molecular formula is C12H23NO4. The molecule has 5 heteroatoms. The second-order valence-electron chi connectivity index (χ2n) is 5.43. The number of aliphatic hydroxyl groups is 2. The minimum Gasteiger partial charge on any atom is -0.480 e. The summed E-state index contributed by atoms with van der Waals surface area (Å²) in [4.78, 5) is 12.5. The highest BCUT2D eigenvalue weighted by atomic mass is 16.4. The lowest BCUT2D eigenvalue weighted by atomic mass is 9.82. The molecule has 0 aromatic carbocycles. The Bertz CT molecular complexity index is 280. The molecular weight excluding hydrogens is 222 g/mol. The van der Waals surface area contributed by atoms with Crippen molar-refractivity contribution in [2.75, 3.05) is 6.54 Å². The lowest BCUT2D eigenvalue weighted by Gasteiger charge is -2.38. The fourth-order valence-corrected chi connectivity index (χ4v) is 2.16. The van der Waals surface area contributed by atoms with Crippen molar-refractivity contribution in [3.8, 4) is 0 Å². The molecule has 0 aromatic heterocycles. The van der Waals surface area contributed by atoms with E-state index in [0.717, 1.165) is 12.8 Å². The van der Waals surface area contributed by atoms with Gasteiger partial charge >= 0.3 is 5.97 Å². The third-order valence-corrected chi connectivity index (χ3v) is 3.91. The van der Waals surface area contributed by atoms with E-state index in [0.29, 0.717) is 13.0 Å². The van der Waals surface area contributed by atoms with Crippen LogP contribution in [-0.4, -0.2) is 51.1 Å². The summed E-state index contributed by atoms with van der Waals surface area (Å²) in [6.07, 6.45) is -0.0449. The van der Waals surface area contributed by atoms with Crippen LogP contribution in [0.2, 0.25) is 0 Å². The van der Waals surface area contributed by atoms with Gasteiger partial charge in [-0.1, -0.05) is 20.8 Å². The highest BCUT2D eigenvalue weighted by Crippen LogP contribution is 2.30. The number of aliphatic carboxylic acids is 1. The Kier molecular flexibility index (Phi) is 4.52. The van der Waals surface area contributed by atoms with Crippen LogP contribution in [0.4, 0.5) is 0 Å². The number of carboxylic acid groups (broad SMARTS) is 1. The predicted octanol–water partition coefficient (Wildman–Crippen LogP) is 0.651. The molecule has 3 N–H and O–H groups in total. The van der Waals surface area contributed by atoms with Crippen molar-refractivity contribution in [2.24, 2.45) is 5.41 Å². The van der Waals surface area contributed by atoms with Gasteiger partial charge in [-0.05, 0) is 24.7 Å². The van der Waals surface area contributed by atoms with Gasteiger partial charge < -0.3 is 15.3 Å². The molecule has 1 aliphatic heterocycles. The quantitative estimate of drug-likeness (QED) is 0.662. The minimum absolute atomic E-state index is 0.426. The monoisotopic (exact) mass is 245 g/mol. The molecule has 0 aliphatic carbocycles. The van der Waals surface area contributed by atoms with Gasteiger partial charge in [0.25, 0.3) is 0 Å². The predicted molar refractivity (Wildman–Crippen MR) is 63.4 cm³/mol. The molecule has 17 heavy (non-hydrogen) atoms. The van der Waals surface area contributed by atoms with Gasteiger partial charge in [-0.25, -0.2) is 0 Å². The number of nitrogens with zero attached hydrogens (tertiary/aromatic N) is 1. The molecule has 0 bridgehead atoms. The Morgan fingerprint density at radius 3 is 2.53 bits per heavy atom. The largest absolute Gasteiger partial charge is 0.480 e. The van der Waals surface area contributed by atoms with Crippen molar-refractivity contribution >= 4 is 5.97 Å². The van der Waals surface area contributed by atoms with E-state index in [2.05, 4.69) is 0 Å². The number of likely N-dealkylation sites (tertiary alicyclic amines) is 1. The Morgan fingerprint density at radius 2 is 2.06 bits per heavy atom. The maximum absolute atomic E-state index is 11.0. The van der Waals surface area contributed by atoms with Crippen molar-refractivity contribution in [2.45, 2.75) is 58.4 Å². The van der Waals surface area contributed by atoms with E-state index in [-0.39, 0.29) is 0 Å². The fourth-order valence-electron chi connectivity index (χ4n) is 2.16. The van der Waals surface area contributed by atoms with Crippen LogP contribution in [0.5, 0.6) is 0 Å². The maximum Gasteiger partial charge on any atom is 0.320 e. The van der Waals surface area contributed by atoms with Crippen molar-refractivity contribution in [1.29, 1.82) is 0 Å². The first kappa shape index (κ1) is 14.4. The Balaban J connectivity index is 2.75. The fraction of sp³-hybridized carbons (Fsp3) is 0.917. The van der Waals surface area contributed by atoms with Crippen LogP contribution in [0.15, 0.2) is 0 Å². The molecule has 0 amide bonds. The van der Waals surface area contributed by atoms with Crippen LogP contribution in [0.25, 0.3) is 0 Å². The summed E-state index contributed by atoms with van der Waals surface area (Å²) >= 11 is 0. The van der Waals surface area contributed by atoms with Gasteiger partial charge in [0.2, 0.25) is 0 Å². The van der Waals surface area contributed by atoms with Gasteiger partial charge in [0, 0.05) is 6.54 Å². The molecule has 0 radical (unpaired) electrons. The summed E-state index contributed by atoms with van der Waals surface area (Å²) in [6.45, 7) is 6.20. The maximum atomic E-state index is 11.0. The second kappa shape index (κ2) is 5.33. The molecule has 1 heterocycles. The zero-order valence-electron chi connectivity index (χ0n) is 10.8. The zero-order valence-corrected chi connectivity index (χ0v) is 10.8. The van der Waals surface area contributed by atoms with Gasteiger partial charge in [-0.15, -0.1) is 0 Å². The van der Waals surface area contributed by atoms with Crippen LogP contribution in [0, 0.1) is 5.41 Å². The van der Waals surface area contributed by atoms with Gasteiger partial charge in [0.15, 0.2) is 0 Å². The highest BCUT2D eigenvalue weighted by Gasteiger charge is 2.41. The topological polar surface area (TPSA) is 81.0 Å². The average Bonchev–Trinajstić information content (AvgIpc) is 2.75. The summed E-state index contributed by atoms with van der Waals surface area (Å²) in [6, 6.07) is -0.674. The molecule has 1 unspecified atom stereocenters.